The highest BCUT2D eigenvalue weighted by atomic mass is 16.5. The van der Waals surface area contributed by atoms with E-state index in [2.05, 4.69) is 15.2 Å². The van der Waals surface area contributed by atoms with E-state index < -0.39 is 0 Å². The van der Waals surface area contributed by atoms with Crippen LogP contribution in [0.2, 0.25) is 0 Å². The van der Waals surface area contributed by atoms with Crippen LogP contribution in [-0.4, -0.2) is 39.5 Å². The van der Waals surface area contributed by atoms with Gasteiger partial charge in [0.2, 0.25) is 0 Å². The summed E-state index contributed by atoms with van der Waals surface area (Å²) in [4.78, 5) is 2.41. The standard InChI is InChI=1S/C12H16N4O/c1-10-7-12(17-14-10)3-6-15-8-11(9-15)16-5-2-4-13-16/h2,4-5,7,11H,3,6,8-9H2,1H3. The minimum absolute atomic E-state index is 0.543. The van der Waals surface area contributed by atoms with Gasteiger partial charge in [0, 0.05) is 44.5 Å². The molecule has 2 aromatic heterocycles. The quantitative estimate of drug-likeness (QED) is 0.796. The van der Waals surface area contributed by atoms with Gasteiger partial charge in [-0.2, -0.15) is 5.10 Å². The molecule has 0 N–H and O–H groups in total. The monoisotopic (exact) mass is 232 g/mol. The fourth-order valence-corrected chi connectivity index (χ4v) is 2.19. The van der Waals surface area contributed by atoms with Crippen LogP contribution in [0, 0.1) is 6.92 Å². The largest absolute Gasteiger partial charge is 0.361 e. The number of rotatable bonds is 4. The van der Waals surface area contributed by atoms with Gasteiger partial charge in [-0.25, -0.2) is 0 Å². The topological polar surface area (TPSA) is 47.1 Å². The Bertz CT molecular complexity index is 470. The molecular weight excluding hydrogens is 216 g/mol. The van der Waals surface area contributed by atoms with Gasteiger partial charge in [-0.15, -0.1) is 0 Å². The van der Waals surface area contributed by atoms with Crippen LogP contribution in [-0.2, 0) is 6.42 Å². The fraction of sp³-hybridized carbons (Fsp3) is 0.500. The van der Waals surface area contributed by atoms with Crippen molar-refractivity contribution in [3.63, 3.8) is 0 Å². The second kappa shape index (κ2) is 4.33. The van der Waals surface area contributed by atoms with Crippen LogP contribution in [0.4, 0.5) is 0 Å². The van der Waals surface area contributed by atoms with Crippen LogP contribution in [0.25, 0.3) is 0 Å². The highest BCUT2D eigenvalue weighted by Crippen LogP contribution is 2.20. The Morgan fingerprint density at radius 3 is 3.00 bits per heavy atom. The molecule has 1 saturated heterocycles. The van der Waals surface area contributed by atoms with Crippen molar-refractivity contribution in [3.05, 3.63) is 36.0 Å². The Hall–Kier alpha value is -1.62. The molecule has 0 unspecified atom stereocenters. The molecule has 0 amide bonds. The van der Waals surface area contributed by atoms with Crippen LogP contribution in [0.1, 0.15) is 17.5 Å². The van der Waals surface area contributed by atoms with Gasteiger partial charge < -0.3 is 4.52 Å². The smallest absolute Gasteiger partial charge is 0.138 e. The lowest BCUT2D eigenvalue weighted by molar-refractivity contribution is 0.0978. The first-order valence-electron chi connectivity index (χ1n) is 5.95. The Labute approximate surface area is 100 Å². The van der Waals surface area contributed by atoms with E-state index in [0.717, 1.165) is 37.5 Å². The third-order valence-electron chi connectivity index (χ3n) is 3.19. The molecule has 0 aromatic carbocycles. The van der Waals surface area contributed by atoms with Crippen LogP contribution in [0.15, 0.2) is 29.0 Å². The highest BCUT2D eigenvalue weighted by molar-refractivity contribution is 5.03. The van der Waals surface area contributed by atoms with Crippen molar-refractivity contribution in [1.82, 2.24) is 19.8 Å². The second-order valence-corrected chi connectivity index (χ2v) is 4.58. The van der Waals surface area contributed by atoms with Crippen molar-refractivity contribution >= 4 is 0 Å². The number of hydrogen-bond acceptors (Lipinski definition) is 4. The molecular formula is C12H16N4O. The van der Waals surface area contributed by atoms with E-state index in [0.29, 0.717) is 6.04 Å². The molecule has 1 aliphatic rings. The minimum Gasteiger partial charge on any atom is -0.361 e. The van der Waals surface area contributed by atoms with Crippen molar-refractivity contribution < 1.29 is 4.52 Å². The van der Waals surface area contributed by atoms with Gasteiger partial charge in [0.25, 0.3) is 0 Å². The maximum absolute atomic E-state index is 5.19. The zero-order valence-electron chi connectivity index (χ0n) is 9.91. The molecule has 2 aromatic rings. The summed E-state index contributed by atoms with van der Waals surface area (Å²) in [5, 5.41) is 8.14. The summed E-state index contributed by atoms with van der Waals surface area (Å²) in [7, 11) is 0. The number of aryl methyl sites for hydroxylation is 1. The maximum atomic E-state index is 5.19. The van der Waals surface area contributed by atoms with E-state index in [4.69, 9.17) is 4.52 Å². The maximum Gasteiger partial charge on any atom is 0.138 e. The van der Waals surface area contributed by atoms with Crippen LogP contribution in [0.3, 0.4) is 0 Å². The third-order valence-corrected chi connectivity index (χ3v) is 3.19. The molecule has 1 fully saturated rings. The first-order valence-corrected chi connectivity index (χ1v) is 5.95. The molecule has 1 aliphatic heterocycles. The van der Waals surface area contributed by atoms with Crippen molar-refractivity contribution in [1.29, 1.82) is 0 Å². The van der Waals surface area contributed by atoms with Gasteiger partial charge in [0.05, 0.1) is 11.7 Å². The molecule has 17 heavy (non-hydrogen) atoms. The molecule has 0 atom stereocenters. The second-order valence-electron chi connectivity index (χ2n) is 4.58. The first-order chi connectivity index (χ1) is 8.31. The third kappa shape index (κ3) is 2.24. The summed E-state index contributed by atoms with van der Waals surface area (Å²) in [6, 6.07) is 4.52. The summed E-state index contributed by atoms with van der Waals surface area (Å²) in [5.41, 5.74) is 0.957. The molecule has 3 rings (SSSR count). The number of nitrogens with zero attached hydrogens (tertiary/aromatic N) is 4. The summed E-state index contributed by atoms with van der Waals surface area (Å²) >= 11 is 0. The Balaban J connectivity index is 1.44. The fourth-order valence-electron chi connectivity index (χ4n) is 2.19. The minimum atomic E-state index is 0.543. The molecule has 0 aliphatic carbocycles. The van der Waals surface area contributed by atoms with E-state index in [-0.39, 0.29) is 0 Å². The average molecular weight is 232 g/mol. The predicted molar refractivity (Wildman–Crippen MR) is 62.6 cm³/mol. The number of likely N-dealkylation sites (tertiary alicyclic amines) is 1. The van der Waals surface area contributed by atoms with Crippen molar-refractivity contribution in [3.8, 4) is 0 Å². The zero-order chi connectivity index (χ0) is 11.7. The molecule has 5 nitrogen and oxygen atoms in total. The molecule has 3 heterocycles. The SMILES string of the molecule is Cc1cc(CCN2CC(n3cccn3)C2)on1. The summed E-state index contributed by atoms with van der Waals surface area (Å²) in [6.07, 6.45) is 4.80. The summed E-state index contributed by atoms with van der Waals surface area (Å²) in [5.74, 6) is 0.977. The number of aromatic nitrogens is 3. The van der Waals surface area contributed by atoms with Crippen molar-refractivity contribution in [2.24, 2.45) is 0 Å². The summed E-state index contributed by atoms with van der Waals surface area (Å²) in [6.45, 7) is 5.14. The van der Waals surface area contributed by atoms with Crippen molar-refractivity contribution in [2.45, 2.75) is 19.4 Å². The van der Waals surface area contributed by atoms with Gasteiger partial charge in [-0.1, -0.05) is 5.16 Å². The normalized spacial score (nSPS) is 17.2. The van der Waals surface area contributed by atoms with E-state index in [9.17, 15) is 0 Å². The lowest BCUT2D eigenvalue weighted by Gasteiger charge is -2.39. The van der Waals surface area contributed by atoms with Crippen LogP contribution >= 0.6 is 0 Å². The van der Waals surface area contributed by atoms with Crippen LogP contribution in [0.5, 0.6) is 0 Å². The average Bonchev–Trinajstić information content (AvgIpc) is 2.87. The van der Waals surface area contributed by atoms with E-state index in [1.54, 1.807) is 0 Å². The Morgan fingerprint density at radius 2 is 2.35 bits per heavy atom. The lowest BCUT2D eigenvalue weighted by atomic mass is 10.1. The van der Waals surface area contributed by atoms with Gasteiger partial charge in [-0.3, -0.25) is 9.58 Å². The Morgan fingerprint density at radius 1 is 1.47 bits per heavy atom. The van der Waals surface area contributed by atoms with Gasteiger partial charge in [0.1, 0.15) is 5.76 Å². The lowest BCUT2D eigenvalue weighted by Crippen LogP contribution is -2.48. The molecule has 5 heteroatoms. The van der Waals surface area contributed by atoms with Gasteiger partial charge in [-0.05, 0) is 13.0 Å². The number of hydrogen-bond donors (Lipinski definition) is 0. The molecule has 0 bridgehead atoms. The predicted octanol–water partition coefficient (Wildman–Crippen LogP) is 1.28. The van der Waals surface area contributed by atoms with Crippen LogP contribution < -0.4 is 0 Å². The van der Waals surface area contributed by atoms with E-state index in [1.807, 2.05) is 36.1 Å². The van der Waals surface area contributed by atoms with Crippen molar-refractivity contribution in [2.75, 3.05) is 19.6 Å². The van der Waals surface area contributed by atoms with Gasteiger partial charge >= 0.3 is 0 Å². The van der Waals surface area contributed by atoms with E-state index >= 15 is 0 Å². The Kier molecular flexibility index (Phi) is 2.68. The first kappa shape index (κ1) is 10.5. The molecule has 0 spiro atoms. The van der Waals surface area contributed by atoms with E-state index in [1.165, 1.54) is 0 Å². The summed E-state index contributed by atoms with van der Waals surface area (Å²) < 4.78 is 7.22. The molecule has 0 saturated carbocycles. The zero-order valence-corrected chi connectivity index (χ0v) is 9.91. The molecule has 90 valence electrons. The highest BCUT2D eigenvalue weighted by Gasteiger charge is 2.27. The van der Waals surface area contributed by atoms with Gasteiger partial charge in [0.15, 0.2) is 0 Å². The molecule has 0 radical (unpaired) electrons.